The molecule has 84 valence electrons. The van der Waals surface area contributed by atoms with Crippen LogP contribution in [0.2, 0.25) is 0 Å². The van der Waals surface area contributed by atoms with Crippen molar-refractivity contribution in [3.8, 4) is 0 Å². The highest BCUT2D eigenvalue weighted by atomic mass is 32.1. The summed E-state index contributed by atoms with van der Waals surface area (Å²) < 4.78 is 2.41. The molecule has 0 fully saturated rings. The van der Waals surface area contributed by atoms with Crippen LogP contribution in [-0.2, 0) is 6.54 Å². The Balaban J connectivity index is 2.45. The predicted molar refractivity (Wildman–Crippen MR) is 68.0 cm³/mol. The van der Waals surface area contributed by atoms with Gasteiger partial charge in [0.2, 0.25) is 0 Å². The summed E-state index contributed by atoms with van der Waals surface area (Å²) >= 11 is 1.47. The summed E-state index contributed by atoms with van der Waals surface area (Å²) in [5.41, 5.74) is 3.05. The van der Waals surface area contributed by atoms with Crippen LogP contribution in [-0.4, -0.2) is 9.55 Å². The maximum atomic E-state index is 12.1. The number of fused-ring (bicyclic) bond motifs is 1. The topological polar surface area (TPSA) is 34.9 Å². The highest BCUT2D eigenvalue weighted by Gasteiger charge is 2.07. The summed E-state index contributed by atoms with van der Waals surface area (Å²) in [5.74, 6) is 0. The first kappa shape index (κ1) is 11.1. The van der Waals surface area contributed by atoms with Gasteiger partial charge < -0.3 is 0 Å². The zero-order valence-corrected chi connectivity index (χ0v) is 10.3. The molecule has 2 aromatic rings. The van der Waals surface area contributed by atoms with Gasteiger partial charge in [-0.15, -0.1) is 17.9 Å². The molecule has 0 saturated carbocycles. The summed E-state index contributed by atoms with van der Waals surface area (Å²) in [7, 11) is 0. The Morgan fingerprint density at radius 2 is 2.38 bits per heavy atom. The standard InChI is InChI=1S/C12H14N2OS/c1-8(2)4-5-14-7-13-10-9(3)6-16-11(10)12(14)15/h6-7H,1,4-5H2,2-3H3. The lowest BCUT2D eigenvalue weighted by atomic mass is 10.2. The Bertz CT molecular complexity index is 595. The normalized spacial score (nSPS) is 10.9. The van der Waals surface area contributed by atoms with E-state index in [2.05, 4.69) is 11.6 Å². The molecule has 2 heterocycles. The van der Waals surface area contributed by atoms with Crippen LogP contribution in [0.4, 0.5) is 0 Å². The molecule has 0 atom stereocenters. The second-order valence-electron chi connectivity index (χ2n) is 4.05. The van der Waals surface area contributed by atoms with Crippen molar-refractivity contribution >= 4 is 21.6 Å². The fourth-order valence-corrected chi connectivity index (χ4v) is 2.48. The molecule has 0 aliphatic carbocycles. The van der Waals surface area contributed by atoms with Crippen LogP contribution >= 0.6 is 11.3 Å². The predicted octanol–water partition coefficient (Wildman–Crippen LogP) is 2.73. The molecule has 2 rings (SSSR count). The largest absolute Gasteiger partial charge is 0.298 e. The number of hydrogen-bond donors (Lipinski definition) is 0. The molecule has 3 nitrogen and oxygen atoms in total. The van der Waals surface area contributed by atoms with Gasteiger partial charge in [-0.3, -0.25) is 9.36 Å². The number of aromatic nitrogens is 2. The molecule has 0 aromatic carbocycles. The van der Waals surface area contributed by atoms with E-state index in [-0.39, 0.29) is 5.56 Å². The quantitative estimate of drug-likeness (QED) is 0.765. The van der Waals surface area contributed by atoms with E-state index in [1.54, 1.807) is 10.9 Å². The minimum Gasteiger partial charge on any atom is -0.298 e. The van der Waals surface area contributed by atoms with Gasteiger partial charge in [-0.05, 0) is 31.2 Å². The molecule has 0 radical (unpaired) electrons. The van der Waals surface area contributed by atoms with E-state index in [0.29, 0.717) is 6.54 Å². The molecule has 0 bridgehead atoms. The molecule has 0 aliphatic rings. The van der Waals surface area contributed by atoms with Crippen molar-refractivity contribution < 1.29 is 0 Å². The molecule has 0 unspecified atom stereocenters. The van der Waals surface area contributed by atoms with E-state index in [1.807, 2.05) is 19.2 Å². The zero-order chi connectivity index (χ0) is 11.7. The van der Waals surface area contributed by atoms with Crippen LogP contribution in [0.1, 0.15) is 18.9 Å². The van der Waals surface area contributed by atoms with Gasteiger partial charge in [0.15, 0.2) is 0 Å². The average molecular weight is 234 g/mol. The monoisotopic (exact) mass is 234 g/mol. The second-order valence-corrected chi connectivity index (χ2v) is 4.93. The van der Waals surface area contributed by atoms with Crippen molar-refractivity contribution in [2.24, 2.45) is 0 Å². The van der Waals surface area contributed by atoms with Crippen LogP contribution in [0.15, 0.2) is 28.7 Å². The summed E-state index contributed by atoms with van der Waals surface area (Å²) in [5, 5.41) is 1.97. The molecule has 0 aliphatic heterocycles. The van der Waals surface area contributed by atoms with E-state index >= 15 is 0 Å². The van der Waals surface area contributed by atoms with Gasteiger partial charge >= 0.3 is 0 Å². The SMILES string of the molecule is C=C(C)CCn1cnc2c(C)csc2c1=O. The molecular formula is C12H14N2OS. The minimum absolute atomic E-state index is 0.0596. The number of aryl methyl sites for hydroxylation is 2. The van der Waals surface area contributed by atoms with Crippen LogP contribution in [0.25, 0.3) is 10.2 Å². The molecule has 2 aromatic heterocycles. The number of nitrogens with zero attached hydrogens (tertiary/aromatic N) is 2. The van der Waals surface area contributed by atoms with E-state index in [1.165, 1.54) is 11.3 Å². The maximum absolute atomic E-state index is 12.1. The molecule has 0 saturated heterocycles. The number of rotatable bonds is 3. The van der Waals surface area contributed by atoms with E-state index in [0.717, 1.165) is 27.8 Å². The first-order valence-corrected chi connectivity index (χ1v) is 6.05. The van der Waals surface area contributed by atoms with Crippen LogP contribution < -0.4 is 5.56 Å². The highest BCUT2D eigenvalue weighted by molar-refractivity contribution is 7.17. The van der Waals surface area contributed by atoms with Crippen molar-refractivity contribution in [2.45, 2.75) is 26.8 Å². The van der Waals surface area contributed by atoms with Gasteiger partial charge in [0.05, 0.1) is 11.8 Å². The van der Waals surface area contributed by atoms with Crippen LogP contribution in [0, 0.1) is 6.92 Å². The molecular weight excluding hydrogens is 220 g/mol. The Hall–Kier alpha value is -1.42. The lowest BCUT2D eigenvalue weighted by Gasteiger charge is -2.04. The fourth-order valence-electron chi connectivity index (χ4n) is 1.53. The second kappa shape index (κ2) is 4.22. The van der Waals surface area contributed by atoms with Gasteiger partial charge in [0, 0.05) is 6.54 Å². The smallest absolute Gasteiger partial charge is 0.271 e. The van der Waals surface area contributed by atoms with Crippen LogP contribution in [0.3, 0.4) is 0 Å². The Morgan fingerprint density at radius 3 is 3.06 bits per heavy atom. The lowest BCUT2D eigenvalue weighted by molar-refractivity contribution is 0.661. The molecule has 0 amide bonds. The minimum atomic E-state index is 0.0596. The van der Waals surface area contributed by atoms with Gasteiger partial charge in [-0.25, -0.2) is 4.98 Å². The van der Waals surface area contributed by atoms with Crippen molar-refractivity contribution in [3.63, 3.8) is 0 Å². The number of allylic oxidation sites excluding steroid dienone is 1. The van der Waals surface area contributed by atoms with Gasteiger partial charge in [0.25, 0.3) is 5.56 Å². The van der Waals surface area contributed by atoms with Crippen LogP contribution in [0.5, 0.6) is 0 Å². The summed E-state index contributed by atoms with van der Waals surface area (Å²) in [6.45, 7) is 8.43. The third kappa shape index (κ3) is 1.93. The van der Waals surface area contributed by atoms with E-state index < -0.39 is 0 Å². The lowest BCUT2D eigenvalue weighted by Crippen LogP contribution is -2.19. The van der Waals surface area contributed by atoms with Crippen molar-refractivity contribution in [1.82, 2.24) is 9.55 Å². The third-order valence-electron chi connectivity index (χ3n) is 2.50. The molecule has 0 N–H and O–H groups in total. The first-order valence-electron chi connectivity index (χ1n) is 5.17. The molecule has 0 spiro atoms. The van der Waals surface area contributed by atoms with E-state index in [9.17, 15) is 4.79 Å². The molecule has 16 heavy (non-hydrogen) atoms. The Labute approximate surface area is 98.1 Å². The van der Waals surface area contributed by atoms with Gasteiger partial charge in [-0.2, -0.15) is 0 Å². The first-order chi connectivity index (χ1) is 7.59. The maximum Gasteiger partial charge on any atom is 0.271 e. The van der Waals surface area contributed by atoms with Crippen molar-refractivity contribution in [1.29, 1.82) is 0 Å². The third-order valence-corrected chi connectivity index (χ3v) is 3.58. The van der Waals surface area contributed by atoms with Gasteiger partial charge in [0.1, 0.15) is 4.70 Å². The summed E-state index contributed by atoms with van der Waals surface area (Å²) in [6.07, 6.45) is 2.45. The summed E-state index contributed by atoms with van der Waals surface area (Å²) in [4.78, 5) is 16.4. The van der Waals surface area contributed by atoms with Crippen molar-refractivity contribution in [3.05, 3.63) is 39.8 Å². The van der Waals surface area contributed by atoms with Gasteiger partial charge in [-0.1, -0.05) is 5.57 Å². The fraction of sp³-hybridized carbons (Fsp3) is 0.333. The summed E-state index contributed by atoms with van der Waals surface area (Å²) in [6, 6.07) is 0. The number of thiophene rings is 1. The Morgan fingerprint density at radius 1 is 1.62 bits per heavy atom. The zero-order valence-electron chi connectivity index (χ0n) is 9.49. The number of hydrogen-bond acceptors (Lipinski definition) is 3. The molecule has 4 heteroatoms. The van der Waals surface area contributed by atoms with E-state index in [4.69, 9.17) is 0 Å². The highest BCUT2D eigenvalue weighted by Crippen LogP contribution is 2.19. The average Bonchev–Trinajstić information content (AvgIpc) is 2.60. The van der Waals surface area contributed by atoms with Crippen molar-refractivity contribution in [2.75, 3.05) is 0 Å². The Kier molecular flexibility index (Phi) is 2.92.